The standard InChI is InChI=1S/C11H17NO3S/c1-8(2)15-7-6-12(3)10-5-4-9(16-10)11(13)14/h4-5,8H,6-7H2,1-3H3,(H,13,14). The molecule has 0 radical (unpaired) electrons. The molecule has 0 saturated carbocycles. The van der Waals surface area contributed by atoms with Crippen LogP contribution in [0.25, 0.3) is 0 Å². The zero-order valence-electron chi connectivity index (χ0n) is 9.77. The molecule has 0 aliphatic rings. The van der Waals surface area contributed by atoms with Gasteiger partial charge in [0.2, 0.25) is 0 Å². The van der Waals surface area contributed by atoms with Gasteiger partial charge in [-0.1, -0.05) is 0 Å². The molecule has 4 nitrogen and oxygen atoms in total. The monoisotopic (exact) mass is 243 g/mol. The minimum absolute atomic E-state index is 0.228. The van der Waals surface area contributed by atoms with Gasteiger partial charge in [0.05, 0.1) is 17.7 Å². The Bertz CT molecular complexity index is 349. The number of carbonyl (C=O) groups is 1. The fourth-order valence-electron chi connectivity index (χ4n) is 1.18. The number of rotatable bonds is 6. The van der Waals surface area contributed by atoms with E-state index in [4.69, 9.17) is 9.84 Å². The summed E-state index contributed by atoms with van der Waals surface area (Å²) in [5, 5.41) is 9.74. The molecule has 0 aromatic carbocycles. The fraction of sp³-hybridized carbons (Fsp3) is 0.545. The van der Waals surface area contributed by atoms with Gasteiger partial charge in [0.15, 0.2) is 0 Å². The molecule has 90 valence electrons. The minimum atomic E-state index is -0.872. The molecular weight excluding hydrogens is 226 g/mol. The van der Waals surface area contributed by atoms with Crippen molar-refractivity contribution in [2.75, 3.05) is 25.1 Å². The maximum atomic E-state index is 10.7. The van der Waals surface area contributed by atoms with Crippen molar-refractivity contribution in [3.8, 4) is 0 Å². The molecule has 0 unspecified atom stereocenters. The average molecular weight is 243 g/mol. The number of carboxylic acids is 1. The van der Waals surface area contributed by atoms with Crippen LogP contribution in [0.1, 0.15) is 23.5 Å². The van der Waals surface area contributed by atoms with Gasteiger partial charge in [0.1, 0.15) is 4.88 Å². The van der Waals surface area contributed by atoms with Gasteiger partial charge in [-0.3, -0.25) is 0 Å². The van der Waals surface area contributed by atoms with E-state index in [2.05, 4.69) is 0 Å². The molecular formula is C11H17NO3S. The van der Waals surface area contributed by atoms with E-state index in [-0.39, 0.29) is 6.10 Å². The summed E-state index contributed by atoms with van der Waals surface area (Å²) in [7, 11) is 1.93. The van der Waals surface area contributed by atoms with Crippen LogP contribution in [0.3, 0.4) is 0 Å². The third kappa shape index (κ3) is 3.83. The Balaban J connectivity index is 2.46. The van der Waals surface area contributed by atoms with Gasteiger partial charge in [-0.2, -0.15) is 0 Å². The van der Waals surface area contributed by atoms with Gasteiger partial charge in [-0.15, -0.1) is 11.3 Å². The first-order chi connectivity index (χ1) is 7.50. The van der Waals surface area contributed by atoms with Crippen LogP contribution in [0.2, 0.25) is 0 Å². The normalized spacial score (nSPS) is 10.8. The Morgan fingerprint density at radius 1 is 1.56 bits per heavy atom. The first kappa shape index (κ1) is 13.0. The quantitative estimate of drug-likeness (QED) is 0.833. The summed E-state index contributed by atoms with van der Waals surface area (Å²) < 4.78 is 5.43. The number of aromatic carboxylic acids is 1. The minimum Gasteiger partial charge on any atom is -0.477 e. The maximum Gasteiger partial charge on any atom is 0.345 e. The molecule has 16 heavy (non-hydrogen) atoms. The highest BCUT2D eigenvalue weighted by Gasteiger charge is 2.09. The van der Waals surface area contributed by atoms with Crippen molar-refractivity contribution < 1.29 is 14.6 Å². The van der Waals surface area contributed by atoms with Gasteiger partial charge in [0.25, 0.3) is 0 Å². The van der Waals surface area contributed by atoms with E-state index in [0.29, 0.717) is 11.5 Å². The highest BCUT2D eigenvalue weighted by Crippen LogP contribution is 2.24. The molecule has 0 fully saturated rings. The van der Waals surface area contributed by atoms with Crippen molar-refractivity contribution >= 4 is 22.3 Å². The van der Waals surface area contributed by atoms with Crippen LogP contribution >= 0.6 is 11.3 Å². The maximum absolute atomic E-state index is 10.7. The second-order valence-corrected chi connectivity index (χ2v) is 4.85. The van der Waals surface area contributed by atoms with Crippen LogP contribution in [0, 0.1) is 0 Å². The second kappa shape index (κ2) is 5.86. The molecule has 1 heterocycles. The summed E-state index contributed by atoms with van der Waals surface area (Å²) in [4.78, 5) is 13.1. The Morgan fingerprint density at radius 2 is 2.25 bits per heavy atom. The molecule has 1 rings (SSSR count). The lowest BCUT2D eigenvalue weighted by molar-refractivity contribution is 0.0702. The smallest absolute Gasteiger partial charge is 0.345 e. The van der Waals surface area contributed by atoms with Crippen LogP contribution in [-0.2, 0) is 4.74 Å². The van der Waals surface area contributed by atoms with Gasteiger partial charge < -0.3 is 14.7 Å². The van der Waals surface area contributed by atoms with Crippen molar-refractivity contribution in [2.24, 2.45) is 0 Å². The molecule has 1 N–H and O–H groups in total. The van der Waals surface area contributed by atoms with E-state index < -0.39 is 5.97 Å². The SMILES string of the molecule is CC(C)OCCN(C)c1ccc(C(=O)O)s1. The highest BCUT2D eigenvalue weighted by molar-refractivity contribution is 7.17. The summed E-state index contributed by atoms with van der Waals surface area (Å²) in [5.74, 6) is -0.872. The molecule has 1 aromatic heterocycles. The molecule has 0 bridgehead atoms. The predicted molar refractivity (Wildman–Crippen MR) is 65.6 cm³/mol. The first-order valence-corrected chi connectivity index (χ1v) is 5.98. The molecule has 0 atom stereocenters. The van der Waals surface area contributed by atoms with Crippen LogP contribution < -0.4 is 4.90 Å². The van der Waals surface area contributed by atoms with E-state index in [9.17, 15) is 4.79 Å². The number of anilines is 1. The number of carboxylic acid groups (broad SMARTS) is 1. The molecule has 1 aromatic rings. The Hall–Kier alpha value is -1.07. The van der Waals surface area contributed by atoms with E-state index >= 15 is 0 Å². The topological polar surface area (TPSA) is 49.8 Å². The van der Waals surface area contributed by atoms with Gasteiger partial charge in [0, 0.05) is 13.6 Å². The number of thiophene rings is 1. The van der Waals surface area contributed by atoms with Crippen molar-refractivity contribution in [1.29, 1.82) is 0 Å². The molecule has 0 aliphatic carbocycles. The lowest BCUT2D eigenvalue weighted by Crippen LogP contribution is -2.23. The van der Waals surface area contributed by atoms with Crippen LogP contribution in [-0.4, -0.2) is 37.4 Å². The predicted octanol–water partition coefficient (Wildman–Crippen LogP) is 2.31. The van der Waals surface area contributed by atoms with Crippen molar-refractivity contribution in [3.63, 3.8) is 0 Å². The fourth-order valence-corrected chi connectivity index (χ4v) is 2.02. The summed E-state index contributed by atoms with van der Waals surface area (Å²) in [6, 6.07) is 3.45. The molecule has 5 heteroatoms. The van der Waals surface area contributed by atoms with Crippen LogP contribution in [0.5, 0.6) is 0 Å². The Morgan fingerprint density at radius 3 is 2.75 bits per heavy atom. The number of likely N-dealkylation sites (N-methyl/N-ethyl adjacent to an activating group) is 1. The van der Waals surface area contributed by atoms with Gasteiger partial charge >= 0.3 is 5.97 Å². The first-order valence-electron chi connectivity index (χ1n) is 5.16. The van der Waals surface area contributed by atoms with Gasteiger partial charge in [-0.05, 0) is 26.0 Å². The summed E-state index contributed by atoms with van der Waals surface area (Å²) >= 11 is 1.28. The molecule has 0 amide bonds. The lowest BCUT2D eigenvalue weighted by Gasteiger charge is -2.17. The number of hydrogen-bond acceptors (Lipinski definition) is 4. The van der Waals surface area contributed by atoms with Crippen molar-refractivity contribution in [2.45, 2.75) is 20.0 Å². The third-order valence-corrected chi connectivity index (χ3v) is 3.24. The zero-order valence-corrected chi connectivity index (χ0v) is 10.6. The highest BCUT2D eigenvalue weighted by atomic mass is 32.1. The van der Waals surface area contributed by atoms with E-state index in [1.165, 1.54) is 11.3 Å². The summed E-state index contributed by atoms with van der Waals surface area (Å²) in [6.07, 6.45) is 0.228. The lowest BCUT2D eigenvalue weighted by atomic mass is 10.4. The zero-order chi connectivity index (χ0) is 12.1. The van der Waals surface area contributed by atoms with E-state index in [1.807, 2.05) is 31.9 Å². The van der Waals surface area contributed by atoms with Crippen LogP contribution in [0.15, 0.2) is 12.1 Å². The van der Waals surface area contributed by atoms with Crippen molar-refractivity contribution in [3.05, 3.63) is 17.0 Å². The Kier molecular flexibility index (Phi) is 4.76. The van der Waals surface area contributed by atoms with Gasteiger partial charge in [-0.25, -0.2) is 4.79 Å². The summed E-state index contributed by atoms with van der Waals surface area (Å²) in [6.45, 7) is 5.40. The number of hydrogen-bond donors (Lipinski definition) is 1. The third-order valence-electron chi connectivity index (χ3n) is 2.06. The number of nitrogens with zero attached hydrogens (tertiary/aromatic N) is 1. The average Bonchev–Trinajstić information content (AvgIpc) is 2.65. The molecule has 0 spiro atoms. The van der Waals surface area contributed by atoms with E-state index in [1.54, 1.807) is 6.07 Å². The largest absolute Gasteiger partial charge is 0.477 e. The molecule has 0 aliphatic heterocycles. The summed E-state index contributed by atoms with van der Waals surface area (Å²) in [5.41, 5.74) is 0. The molecule has 0 saturated heterocycles. The Labute approximate surface area is 99.5 Å². The van der Waals surface area contributed by atoms with Crippen molar-refractivity contribution in [1.82, 2.24) is 0 Å². The second-order valence-electron chi connectivity index (χ2n) is 3.78. The van der Waals surface area contributed by atoms with E-state index in [0.717, 1.165) is 11.5 Å². The number of ether oxygens (including phenoxy) is 1. The van der Waals surface area contributed by atoms with Crippen LogP contribution in [0.4, 0.5) is 5.00 Å².